The van der Waals surface area contributed by atoms with Gasteiger partial charge in [-0.2, -0.15) is 0 Å². The molecule has 1 N–H and O–H groups in total. The van der Waals surface area contributed by atoms with Crippen LogP contribution < -0.4 is 5.32 Å². The molecule has 3 rings (SSSR count). The SMILES string of the molecule is CCCC1(CNc2ccnc3ccccc23)CC1. The van der Waals surface area contributed by atoms with Crippen LogP contribution in [0.5, 0.6) is 0 Å². The molecule has 0 bridgehead atoms. The van der Waals surface area contributed by atoms with Crippen LogP contribution in [0.25, 0.3) is 10.9 Å². The normalized spacial score (nSPS) is 16.7. The summed E-state index contributed by atoms with van der Waals surface area (Å²) in [5, 5.41) is 4.86. The second-order valence-electron chi connectivity index (χ2n) is 5.48. The first-order valence-electron chi connectivity index (χ1n) is 6.91. The van der Waals surface area contributed by atoms with Crippen LogP contribution in [0.1, 0.15) is 32.6 Å². The molecule has 0 unspecified atom stereocenters. The fraction of sp³-hybridized carbons (Fsp3) is 0.438. The molecular weight excluding hydrogens is 220 g/mol. The van der Waals surface area contributed by atoms with Crippen LogP contribution in [-0.4, -0.2) is 11.5 Å². The van der Waals surface area contributed by atoms with Crippen LogP contribution in [0.15, 0.2) is 36.5 Å². The van der Waals surface area contributed by atoms with Crippen LogP contribution in [-0.2, 0) is 0 Å². The predicted molar refractivity (Wildman–Crippen MR) is 76.8 cm³/mol. The lowest BCUT2D eigenvalue weighted by Crippen LogP contribution is -2.15. The predicted octanol–water partition coefficient (Wildman–Crippen LogP) is 4.23. The van der Waals surface area contributed by atoms with Gasteiger partial charge in [-0.25, -0.2) is 0 Å². The second-order valence-corrected chi connectivity index (χ2v) is 5.48. The zero-order valence-corrected chi connectivity index (χ0v) is 10.9. The van der Waals surface area contributed by atoms with Crippen molar-refractivity contribution in [2.45, 2.75) is 32.6 Å². The first kappa shape index (κ1) is 11.5. The largest absolute Gasteiger partial charge is 0.384 e. The molecule has 2 nitrogen and oxygen atoms in total. The van der Waals surface area contributed by atoms with E-state index in [0.29, 0.717) is 5.41 Å². The average molecular weight is 240 g/mol. The molecule has 1 aliphatic rings. The average Bonchev–Trinajstić information content (AvgIpc) is 3.17. The highest BCUT2D eigenvalue weighted by Gasteiger charge is 2.41. The molecule has 2 aromatic rings. The lowest BCUT2D eigenvalue weighted by atomic mass is 10.0. The summed E-state index contributed by atoms with van der Waals surface area (Å²) in [6.07, 6.45) is 7.31. The molecule has 1 aliphatic carbocycles. The molecule has 0 amide bonds. The first-order chi connectivity index (χ1) is 8.83. The van der Waals surface area contributed by atoms with Crippen LogP contribution >= 0.6 is 0 Å². The van der Waals surface area contributed by atoms with E-state index >= 15 is 0 Å². The molecule has 18 heavy (non-hydrogen) atoms. The molecule has 1 saturated carbocycles. The molecule has 1 fully saturated rings. The smallest absolute Gasteiger partial charge is 0.0722 e. The van der Waals surface area contributed by atoms with E-state index < -0.39 is 0 Å². The van der Waals surface area contributed by atoms with Gasteiger partial charge in [0, 0.05) is 23.8 Å². The molecule has 0 radical (unpaired) electrons. The lowest BCUT2D eigenvalue weighted by Gasteiger charge is -2.16. The molecule has 0 aliphatic heterocycles. The summed E-state index contributed by atoms with van der Waals surface area (Å²) in [6.45, 7) is 3.39. The van der Waals surface area contributed by atoms with Gasteiger partial charge in [0.1, 0.15) is 0 Å². The van der Waals surface area contributed by atoms with Gasteiger partial charge in [0.2, 0.25) is 0 Å². The lowest BCUT2D eigenvalue weighted by molar-refractivity contribution is 0.486. The third-order valence-corrected chi connectivity index (χ3v) is 4.04. The van der Waals surface area contributed by atoms with E-state index in [1.807, 2.05) is 12.3 Å². The van der Waals surface area contributed by atoms with Crippen LogP contribution in [0.3, 0.4) is 0 Å². The number of fused-ring (bicyclic) bond motifs is 1. The monoisotopic (exact) mass is 240 g/mol. The molecule has 1 heterocycles. The summed E-state index contributed by atoms with van der Waals surface area (Å²) in [4.78, 5) is 4.40. The third-order valence-electron chi connectivity index (χ3n) is 4.04. The van der Waals surface area contributed by atoms with Gasteiger partial charge < -0.3 is 5.32 Å². The Morgan fingerprint density at radius 1 is 1.22 bits per heavy atom. The number of benzene rings is 1. The highest BCUT2D eigenvalue weighted by molar-refractivity contribution is 5.90. The van der Waals surface area contributed by atoms with Gasteiger partial charge in [-0.15, -0.1) is 0 Å². The van der Waals surface area contributed by atoms with Crippen LogP contribution in [0.2, 0.25) is 0 Å². The second kappa shape index (κ2) is 4.60. The molecule has 1 aromatic carbocycles. The van der Waals surface area contributed by atoms with Crippen molar-refractivity contribution in [3.63, 3.8) is 0 Å². The Morgan fingerprint density at radius 3 is 2.83 bits per heavy atom. The Hall–Kier alpha value is -1.57. The number of hydrogen-bond acceptors (Lipinski definition) is 2. The van der Waals surface area contributed by atoms with Gasteiger partial charge in [-0.05, 0) is 36.8 Å². The maximum absolute atomic E-state index is 4.40. The molecule has 0 atom stereocenters. The summed E-state index contributed by atoms with van der Waals surface area (Å²) >= 11 is 0. The number of pyridine rings is 1. The van der Waals surface area contributed by atoms with Gasteiger partial charge in [-0.1, -0.05) is 31.5 Å². The minimum Gasteiger partial charge on any atom is -0.384 e. The Labute approximate surface area is 108 Å². The van der Waals surface area contributed by atoms with Crippen LogP contribution in [0.4, 0.5) is 5.69 Å². The summed E-state index contributed by atoms with van der Waals surface area (Å²) in [5.41, 5.74) is 2.88. The van der Waals surface area contributed by atoms with E-state index in [4.69, 9.17) is 0 Å². The summed E-state index contributed by atoms with van der Waals surface area (Å²) in [5.74, 6) is 0. The summed E-state index contributed by atoms with van der Waals surface area (Å²) < 4.78 is 0. The van der Waals surface area contributed by atoms with E-state index in [1.54, 1.807) is 0 Å². The molecule has 0 spiro atoms. The third kappa shape index (κ3) is 2.20. The van der Waals surface area contributed by atoms with Crippen molar-refractivity contribution in [2.24, 2.45) is 5.41 Å². The Kier molecular flexibility index (Phi) is 2.94. The van der Waals surface area contributed by atoms with E-state index in [9.17, 15) is 0 Å². The maximum Gasteiger partial charge on any atom is 0.0722 e. The van der Waals surface area contributed by atoms with Gasteiger partial charge in [0.05, 0.1) is 5.52 Å². The number of anilines is 1. The number of rotatable bonds is 5. The van der Waals surface area contributed by atoms with Gasteiger partial charge in [0.25, 0.3) is 0 Å². The quantitative estimate of drug-likeness (QED) is 0.846. The van der Waals surface area contributed by atoms with E-state index in [1.165, 1.54) is 36.8 Å². The van der Waals surface area contributed by atoms with Gasteiger partial charge in [-0.3, -0.25) is 4.98 Å². The van der Waals surface area contributed by atoms with Crippen molar-refractivity contribution < 1.29 is 0 Å². The number of aromatic nitrogens is 1. The summed E-state index contributed by atoms with van der Waals surface area (Å²) in [6, 6.07) is 10.4. The standard InChI is InChI=1S/C16H20N2/c1-2-8-16(9-10-16)12-18-15-7-11-17-14-6-4-3-5-13(14)15/h3-7,11H,2,8-10,12H2,1H3,(H,17,18). The Balaban J connectivity index is 1.79. The molecule has 2 heteroatoms. The van der Waals surface area contributed by atoms with Crippen molar-refractivity contribution >= 4 is 16.6 Å². The zero-order valence-electron chi connectivity index (χ0n) is 10.9. The zero-order chi connectivity index (χ0) is 12.4. The van der Waals surface area contributed by atoms with E-state index in [0.717, 1.165) is 12.1 Å². The Bertz CT molecular complexity index is 538. The molecule has 0 saturated heterocycles. The molecule has 94 valence electrons. The van der Waals surface area contributed by atoms with E-state index in [-0.39, 0.29) is 0 Å². The molecular formula is C16H20N2. The van der Waals surface area contributed by atoms with Crippen molar-refractivity contribution in [3.8, 4) is 0 Å². The highest BCUT2D eigenvalue weighted by atomic mass is 14.9. The van der Waals surface area contributed by atoms with Gasteiger partial charge >= 0.3 is 0 Å². The van der Waals surface area contributed by atoms with Crippen molar-refractivity contribution in [3.05, 3.63) is 36.5 Å². The topological polar surface area (TPSA) is 24.9 Å². The fourth-order valence-electron chi connectivity index (χ4n) is 2.76. The van der Waals surface area contributed by atoms with Crippen molar-refractivity contribution in [1.29, 1.82) is 0 Å². The highest BCUT2D eigenvalue weighted by Crippen LogP contribution is 2.49. The minimum atomic E-state index is 0.582. The summed E-state index contributed by atoms with van der Waals surface area (Å²) in [7, 11) is 0. The Morgan fingerprint density at radius 2 is 2.06 bits per heavy atom. The minimum absolute atomic E-state index is 0.582. The van der Waals surface area contributed by atoms with Crippen molar-refractivity contribution in [2.75, 3.05) is 11.9 Å². The maximum atomic E-state index is 4.40. The van der Waals surface area contributed by atoms with Crippen molar-refractivity contribution in [1.82, 2.24) is 4.98 Å². The number of nitrogens with zero attached hydrogens (tertiary/aromatic N) is 1. The molecule has 1 aromatic heterocycles. The first-order valence-corrected chi connectivity index (χ1v) is 6.91. The van der Waals surface area contributed by atoms with Gasteiger partial charge in [0.15, 0.2) is 0 Å². The fourth-order valence-corrected chi connectivity index (χ4v) is 2.76. The number of nitrogens with one attached hydrogen (secondary N) is 1. The van der Waals surface area contributed by atoms with E-state index in [2.05, 4.69) is 41.5 Å². The number of para-hydroxylation sites is 1. The van der Waals surface area contributed by atoms with Crippen LogP contribution in [0, 0.1) is 5.41 Å². The number of hydrogen-bond donors (Lipinski definition) is 1.